The first-order valence-corrected chi connectivity index (χ1v) is 5.54. The zero-order valence-electron chi connectivity index (χ0n) is 9.52. The molecule has 0 aliphatic heterocycles. The molecular formula is C14H13FO2. The number of benzene rings is 1. The Kier molecular flexibility index (Phi) is 3.14. The fourth-order valence-electron chi connectivity index (χ4n) is 1.83. The molecule has 0 radical (unpaired) electrons. The van der Waals surface area contributed by atoms with Crippen molar-refractivity contribution in [1.29, 1.82) is 0 Å². The summed E-state index contributed by atoms with van der Waals surface area (Å²) in [4.78, 5) is 11.6. The molecule has 3 atom stereocenters. The second-order valence-corrected chi connectivity index (χ2v) is 4.25. The first kappa shape index (κ1) is 11.7. The first-order valence-electron chi connectivity index (χ1n) is 5.54. The number of carbonyl (C=O) groups excluding carboxylic acids is 1. The van der Waals surface area contributed by atoms with E-state index in [-0.39, 0.29) is 23.6 Å². The molecule has 1 aromatic rings. The summed E-state index contributed by atoms with van der Waals surface area (Å²) in [7, 11) is 0. The summed E-state index contributed by atoms with van der Waals surface area (Å²) in [6.45, 7) is 1.66. The van der Waals surface area contributed by atoms with Crippen molar-refractivity contribution < 1.29 is 13.9 Å². The molecule has 88 valence electrons. The van der Waals surface area contributed by atoms with Gasteiger partial charge in [0.15, 0.2) is 6.10 Å². The van der Waals surface area contributed by atoms with Crippen LogP contribution in [0.15, 0.2) is 24.3 Å². The molecule has 0 bridgehead atoms. The van der Waals surface area contributed by atoms with E-state index in [1.165, 1.54) is 12.1 Å². The van der Waals surface area contributed by atoms with Crippen molar-refractivity contribution in [1.82, 2.24) is 0 Å². The number of terminal acetylenes is 1. The molecule has 0 spiro atoms. The van der Waals surface area contributed by atoms with Gasteiger partial charge in [-0.15, -0.1) is 6.42 Å². The summed E-state index contributed by atoms with van der Waals surface area (Å²) in [5, 5.41) is 0. The van der Waals surface area contributed by atoms with Crippen molar-refractivity contribution in [2.75, 3.05) is 0 Å². The number of halogens is 1. The predicted molar refractivity (Wildman–Crippen MR) is 61.6 cm³/mol. The van der Waals surface area contributed by atoms with E-state index in [4.69, 9.17) is 11.2 Å². The van der Waals surface area contributed by atoms with Gasteiger partial charge >= 0.3 is 5.97 Å². The van der Waals surface area contributed by atoms with Gasteiger partial charge in [0.05, 0.1) is 5.92 Å². The molecule has 2 nitrogen and oxygen atoms in total. The highest BCUT2D eigenvalue weighted by atomic mass is 19.1. The molecule has 0 saturated heterocycles. The number of carbonyl (C=O) groups is 1. The van der Waals surface area contributed by atoms with Crippen molar-refractivity contribution in [2.24, 2.45) is 5.92 Å². The first-order chi connectivity index (χ1) is 8.11. The van der Waals surface area contributed by atoms with E-state index < -0.39 is 6.10 Å². The Bertz CT molecular complexity index is 458. The predicted octanol–water partition coefficient (Wildman–Crippen LogP) is 2.49. The van der Waals surface area contributed by atoms with Crippen LogP contribution in [-0.2, 0) is 9.53 Å². The molecule has 3 heteroatoms. The molecule has 1 aromatic carbocycles. The summed E-state index contributed by atoms with van der Waals surface area (Å²) < 4.78 is 17.8. The highest BCUT2D eigenvalue weighted by molar-refractivity contribution is 5.77. The van der Waals surface area contributed by atoms with E-state index in [0.29, 0.717) is 0 Å². The maximum atomic E-state index is 12.7. The van der Waals surface area contributed by atoms with E-state index in [0.717, 1.165) is 12.0 Å². The number of hydrogen-bond donors (Lipinski definition) is 0. The summed E-state index contributed by atoms with van der Waals surface area (Å²) >= 11 is 0. The minimum Gasteiger partial charge on any atom is -0.449 e. The van der Waals surface area contributed by atoms with Gasteiger partial charge in [-0.05, 0) is 37.0 Å². The van der Waals surface area contributed by atoms with Crippen LogP contribution in [0, 0.1) is 24.1 Å². The second kappa shape index (κ2) is 4.58. The Morgan fingerprint density at radius 3 is 2.76 bits per heavy atom. The van der Waals surface area contributed by atoms with Gasteiger partial charge in [-0.25, -0.2) is 4.39 Å². The zero-order valence-corrected chi connectivity index (χ0v) is 9.52. The third-order valence-electron chi connectivity index (χ3n) is 2.92. The summed E-state index contributed by atoms with van der Waals surface area (Å²) in [6, 6.07) is 6.22. The average Bonchev–Trinajstić information content (AvgIpc) is 3.10. The Labute approximate surface area is 99.8 Å². The third kappa shape index (κ3) is 2.65. The number of ether oxygens (including phenoxy) is 1. The molecule has 17 heavy (non-hydrogen) atoms. The fraction of sp³-hybridized carbons (Fsp3) is 0.357. The van der Waals surface area contributed by atoms with Gasteiger partial charge in [-0.3, -0.25) is 4.79 Å². The van der Waals surface area contributed by atoms with Gasteiger partial charge in [-0.1, -0.05) is 18.1 Å². The maximum absolute atomic E-state index is 12.7. The topological polar surface area (TPSA) is 26.3 Å². The lowest BCUT2D eigenvalue weighted by Gasteiger charge is -2.06. The largest absolute Gasteiger partial charge is 0.449 e. The number of hydrogen-bond acceptors (Lipinski definition) is 2. The molecular weight excluding hydrogens is 219 g/mol. The van der Waals surface area contributed by atoms with Crippen LogP contribution in [0.3, 0.4) is 0 Å². The maximum Gasteiger partial charge on any atom is 0.310 e. The van der Waals surface area contributed by atoms with E-state index in [2.05, 4.69) is 5.92 Å². The summed E-state index contributed by atoms with van der Waals surface area (Å²) in [6.07, 6.45) is 5.40. The van der Waals surface area contributed by atoms with Gasteiger partial charge in [0, 0.05) is 0 Å². The lowest BCUT2D eigenvalue weighted by atomic mass is 10.1. The van der Waals surface area contributed by atoms with Crippen LogP contribution in [0.5, 0.6) is 0 Å². The summed E-state index contributed by atoms with van der Waals surface area (Å²) in [5.74, 6) is 1.84. The van der Waals surface area contributed by atoms with E-state index in [9.17, 15) is 9.18 Å². The molecule has 0 amide bonds. The molecule has 0 heterocycles. The fourth-order valence-corrected chi connectivity index (χ4v) is 1.83. The summed E-state index contributed by atoms with van der Waals surface area (Å²) in [5.41, 5.74) is 0.974. The van der Waals surface area contributed by atoms with Crippen molar-refractivity contribution in [3.8, 4) is 12.3 Å². The lowest BCUT2D eigenvalue weighted by Crippen LogP contribution is -2.15. The molecule has 1 fully saturated rings. The van der Waals surface area contributed by atoms with Crippen molar-refractivity contribution in [3.05, 3.63) is 35.6 Å². The van der Waals surface area contributed by atoms with Crippen LogP contribution in [-0.4, -0.2) is 12.1 Å². The Morgan fingerprint density at radius 2 is 2.18 bits per heavy atom. The monoisotopic (exact) mass is 232 g/mol. The van der Waals surface area contributed by atoms with Gasteiger partial charge in [0.2, 0.25) is 0 Å². The standard InChI is InChI=1S/C14H13FO2/c1-3-9(2)17-14(16)13-8-12(13)10-4-6-11(15)7-5-10/h1,4-7,9,12-13H,8H2,2H3/t9-,12+,13-/m0/s1. The van der Waals surface area contributed by atoms with Crippen LogP contribution >= 0.6 is 0 Å². The zero-order chi connectivity index (χ0) is 12.4. The number of esters is 1. The van der Waals surface area contributed by atoms with Gasteiger partial charge in [-0.2, -0.15) is 0 Å². The van der Waals surface area contributed by atoms with Crippen LogP contribution in [0.1, 0.15) is 24.8 Å². The molecule has 1 aliphatic rings. The van der Waals surface area contributed by atoms with Crippen LogP contribution in [0.25, 0.3) is 0 Å². The minimum absolute atomic E-state index is 0.128. The van der Waals surface area contributed by atoms with Crippen molar-refractivity contribution in [2.45, 2.75) is 25.4 Å². The molecule has 1 saturated carbocycles. The molecule has 0 unspecified atom stereocenters. The third-order valence-corrected chi connectivity index (χ3v) is 2.92. The lowest BCUT2D eigenvalue weighted by molar-refractivity contribution is -0.147. The Balaban J connectivity index is 1.94. The normalized spacial score (nSPS) is 23.6. The molecule has 1 aliphatic carbocycles. The van der Waals surface area contributed by atoms with Crippen molar-refractivity contribution >= 4 is 5.97 Å². The smallest absolute Gasteiger partial charge is 0.310 e. The average molecular weight is 232 g/mol. The SMILES string of the molecule is C#C[C@H](C)OC(=O)[C@H]1C[C@@H]1c1ccc(F)cc1. The van der Waals surface area contributed by atoms with E-state index >= 15 is 0 Å². The van der Waals surface area contributed by atoms with Crippen LogP contribution in [0.4, 0.5) is 4.39 Å². The minimum atomic E-state index is -0.489. The second-order valence-electron chi connectivity index (χ2n) is 4.25. The van der Waals surface area contributed by atoms with Crippen molar-refractivity contribution in [3.63, 3.8) is 0 Å². The molecule has 0 N–H and O–H groups in total. The molecule has 2 rings (SSSR count). The highest BCUT2D eigenvalue weighted by Crippen LogP contribution is 2.48. The van der Waals surface area contributed by atoms with Crippen LogP contribution < -0.4 is 0 Å². The quantitative estimate of drug-likeness (QED) is 0.591. The van der Waals surface area contributed by atoms with E-state index in [1.54, 1.807) is 19.1 Å². The Hall–Kier alpha value is -1.82. The van der Waals surface area contributed by atoms with Gasteiger partial charge < -0.3 is 4.74 Å². The Morgan fingerprint density at radius 1 is 1.53 bits per heavy atom. The van der Waals surface area contributed by atoms with Crippen LogP contribution in [0.2, 0.25) is 0 Å². The highest BCUT2D eigenvalue weighted by Gasteiger charge is 2.45. The van der Waals surface area contributed by atoms with E-state index in [1.807, 2.05) is 0 Å². The van der Waals surface area contributed by atoms with Gasteiger partial charge in [0.25, 0.3) is 0 Å². The molecule has 0 aromatic heterocycles. The van der Waals surface area contributed by atoms with Gasteiger partial charge in [0.1, 0.15) is 5.82 Å². The number of rotatable bonds is 3.